The summed E-state index contributed by atoms with van der Waals surface area (Å²) in [4.78, 5) is 38.3. The lowest BCUT2D eigenvalue weighted by atomic mass is 10.1. The second kappa shape index (κ2) is 6.62. The zero-order chi connectivity index (χ0) is 18.1. The van der Waals surface area contributed by atoms with Crippen LogP contribution in [0.4, 0.5) is 0 Å². The van der Waals surface area contributed by atoms with Crippen LogP contribution in [-0.2, 0) is 9.59 Å². The molecule has 1 aromatic heterocycles. The summed E-state index contributed by atoms with van der Waals surface area (Å²) in [5.41, 5.74) is -0.210. The summed E-state index contributed by atoms with van der Waals surface area (Å²) in [6.45, 7) is 3.68. The lowest BCUT2D eigenvalue weighted by molar-refractivity contribution is -0.128. The highest BCUT2D eigenvalue weighted by molar-refractivity contribution is 7.80. The molecule has 8 heteroatoms. The fourth-order valence-corrected chi connectivity index (χ4v) is 2.77. The van der Waals surface area contributed by atoms with E-state index in [-0.39, 0.29) is 28.2 Å². The minimum atomic E-state index is -0.675. The van der Waals surface area contributed by atoms with Crippen molar-refractivity contribution in [3.63, 3.8) is 0 Å². The molecular formula is C17H11ClN2O4S. The van der Waals surface area contributed by atoms with Crippen molar-refractivity contribution in [2.24, 2.45) is 0 Å². The van der Waals surface area contributed by atoms with Gasteiger partial charge in [0, 0.05) is 17.6 Å². The van der Waals surface area contributed by atoms with Crippen LogP contribution < -0.4 is 10.7 Å². The van der Waals surface area contributed by atoms with E-state index in [0.717, 1.165) is 0 Å². The molecule has 1 fully saturated rings. The smallest absolute Gasteiger partial charge is 0.265 e. The van der Waals surface area contributed by atoms with Crippen molar-refractivity contribution in [2.75, 3.05) is 6.54 Å². The van der Waals surface area contributed by atoms with E-state index in [1.165, 1.54) is 35.4 Å². The summed E-state index contributed by atoms with van der Waals surface area (Å²) in [5.74, 6) is -1.28. The van der Waals surface area contributed by atoms with E-state index in [9.17, 15) is 14.4 Å². The van der Waals surface area contributed by atoms with Gasteiger partial charge in [-0.05, 0) is 30.4 Å². The van der Waals surface area contributed by atoms with Gasteiger partial charge in [-0.2, -0.15) is 0 Å². The summed E-state index contributed by atoms with van der Waals surface area (Å²) in [5, 5.41) is 3.12. The Bertz CT molecular complexity index is 1020. The van der Waals surface area contributed by atoms with Gasteiger partial charge in [-0.1, -0.05) is 17.7 Å². The third-order valence-electron chi connectivity index (χ3n) is 3.56. The van der Waals surface area contributed by atoms with Crippen molar-refractivity contribution in [1.82, 2.24) is 10.2 Å². The zero-order valence-corrected chi connectivity index (χ0v) is 14.3. The molecule has 25 heavy (non-hydrogen) atoms. The highest BCUT2D eigenvalue weighted by Crippen LogP contribution is 2.19. The maximum atomic E-state index is 12.6. The zero-order valence-electron chi connectivity index (χ0n) is 12.7. The first kappa shape index (κ1) is 17.1. The number of hydrogen-bond acceptors (Lipinski definition) is 5. The molecule has 1 aliphatic heterocycles. The lowest BCUT2D eigenvalue weighted by Crippen LogP contribution is -2.53. The number of benzene rings is 1. The van der Waals surface area contributed by atoms with Crippen molar-refractivity contribution >= 4 is 57.8 Å². The molecule has 3 rings (SSSR count). The number of thiocarbonyl (C=S) groups is 1. The van der Waals surface area contributed by atoms with Gasteiger partial charge in [-0.3, -0.25) is 24.6 Å². The number of amides is 2. The van der Waals surface area contributed by atoms with Crippen molar-refractivity contribution in [2.45, 2.75) is 0 Å². The Labute approximate surface area is 152 Å². The van der Waals surface area contributed by atoms with Crippen LogP contribution in [0.3, 0.4) is 0 Å². The summed E-state index contributed by atoms with van der Waals surface area (Å²) in [6, 6.07) is 4.59. The van der Waals surface area contributed by atoms with E-state index in [1.54, 1.807) is 6.07 Å². The Morgan fingerprint density at radius 1 is 1.32 bits per heavy atom. The molecule has 2 aromatic rings. The molecule has 0 aliphatic carbocycles. The Morgan fingerprint density at radius 3 is 2.80 bits per heavy atom. The Hall–Kier alpha value is -2.77. The molecule has 0 bridgehead atoms. The van der Waals surface area contributed by atoms with Gasteiger partial charge in [-0.15, -0.1) is 6.58 Å². The molecule has 2 amide bonds. The van der Waals surface area contributed by atoms with Gasteiger partial charge in [-0.25, -0.2) is 0 Å². The second-order valence-corrected chi connectivity index (χ2v) is 6.01. The van der Waals surface area contributed by atoms with Gasteiger partial charge in [0.25, 0.3) is 11.8 Å². The van der Waals surface area contributed by atoms with E-state index in [1.807, 2.05) is 0 Å². The minimum absolute atomic E-state index is 0.00719. The van der Waals surface area contributed by atoms with Gasteiger partial charge in [0.05, 0.1) is 10.9 Å². The number of rotatable bonds is 3. The third-order valence-corrected chi connectivity index (χ3v) is 4.12. The highest BCUT2D eigenvalue weighted by atomic mass is 35.5. The van der Waals surface area contributed by atoms with E-state index >= 15 is 0 Å². The number of hydrogen-bond donors (Lipinski definition) is 1. The molecule has 1 aromatic carbocycles. The van der Waals surface area contributed by atoms with Gasteiger partial charge >= 0.3 is 0 Å². The van der Waals surface area contributed by atoms with Crippen LogP contribution >= 0.6 is 23.8 Å². The number of halogens is 1. The SMILES string of the molecule is C=CCN1C(=O)/C(=C/c2coc3cc(Cl)ccc3c2=O)C(=O)NC1=S. The van der Waals surface area contributed by atoms with Crippen molar-refractivity contribution in [3.05, 3.63) is 63.5 Å². The average Bonchev–Trinajstić information content (AvgIpc) is 2.57. The number of carbonyl (C=O) groups excluding carboxylic acids is 2. The molecule has 1 N–H and O–H groups in total. The van der Waals surface area contributed by atoms with Gasteiger partial charge in [0.1, 0.15) is 17.4 Å². The molecular weight excluding hydrogens is 364 g/mol. The van der Waals surface area contributed by atoms with Crippen LogP contribution in [0.1, 0.15) is 5.56 Å². The molecule has 2 heterocycles. The summed E-state index contributed by atoms with van der Waals surface area (Å²) in [7, 11) is 0. The quantitative estimate of drug-likeness (QED) is 0.386. The summed E-state index contributed by atoms with van der Waals surface area (Å²) < 4.78 is 5.38. The molecule has 126 valence electrons. The summed E-state index contributed by atoms with van der Waals surface area (Å²) >= 11 is 10.8. The molecule has 0 radical (unpaired) electrons. The molecule has 6 nitrogen and oxygen atoms in total. The van der Waals surface area contributed by atoms with Crippen molar-refractivity contribution in [3.8, 4) is 0 Å². The predicted molar refractivity (Wildman–Crippen MR) is 98.1 cm³/mol. The van der Waals surface area contributed by atoms with E-state index in [4.69, 9.17) is 28.2 Å². The number of nitrogens with one attached hydrogen (secondary N) is 1. The van der Waals surface area contributed by atoms with Crippen molar-refractivity contribution in [1.29, 1.82) is 0 Å². The fraction of sp³-hybridized carbons (Fsp3) is 0.0588. The predicted octanol–water partition coefficient (Wildman–Crippen LogP) is 2.26. The Morgan fingerprint density at radius 2 is 2.08 bits per heavy atom. The largest absolute Gasteiger partial charge is 0.463 e. The lowest BCUT2D eigenvalue weighted by Gasteiger charge is -2.27. The first-order chi connectivity index (χ1) is 11.9. The molecule has 0 unspecified atom stereocenters. The van der Waals surface area contributed by atoms with Crippen LogP contribution in [0.25, 0.3) is 17.0 Å². The maximum absolute atomic E-state index is 12.6. The van der Waals surface area contributed by atoms with Crippen LogP contribution in [0.5, 0.6) is 0 Å². The molecule has 0 saturated carbocycles. The van der Waals surface area contributed by atoms with E-state index < -0.39 is 11.8 Å². The molecule has 1 saturated heterocycles. The summed E-state index contributed by atoms with van der Waals surface area (Å²) in [6.07, 6.45) is 3.85. The average molecular weight is 375 g/mol. The van der Waals surface area contributed by atoms with Gasteiger partial charge in [0.2, 0.25) is 0 Å². The highest BCUT2D eigenvalue weighted by Gasteiger charge is 2.32. The first-order valence-corrected chi connectivity index (χ1v) is 7.92. The normalized spacial score (nSPS) is 16.4. The Kier molecular flexibility index (Phi) is 4.52. The standard InChI is InChI=1S/C17H11ClN2O4S/c1-2-5-20-16(23)12(15(22)19-17(20)25)6-9-8-24-13-7-10(18)3-4-11(13)14(9)21/h2-4,6-8H,1,5H2,(H,19,22,25)/b12-6+. The van der Waals surface area contributed by atoms with Crippen LogP contribution in [0.2, 0.25) is 5.02 Å². The van der Waals surface area contributed by atoms with Gasteiger partial charge in [0.15, 0.2) is 10.5 Å². The van der Waals surface area contributed by atoms with Crippen LogP contribution in [-0.4, -0.2) is 28.4 Å². The number of fused-ring (bicyclic) bond motifs is 1. The monoisotopic (exact) mass is 374 g/mol. The minimum Gasteiger partial charge on any atom is -0.463 e. The molecule has 1 aliphatic rings. The topological polar surface area (TPSA) is 79.6 Å². The van der Waals surface area contributed by atoms with Gasteiger partial charge < -0.3 is 4.42 Å². The Balaban J connectivity index is 2.10. The number of carbonyl (C=O) groups is 2. The maximum Gasteiger partial charge on any atom is 0.265 e. The third kappa shape index (κ3) is 3.11. The molecule has 0 spiro atoms. The van der Waals surface area contributed by atoms with E-state index in [2.05, 4.69) is 11.9 Å². The first-order valence-electron chi connectivity index (χ1n) is 7.13. The van der Waals surface area contributed by atoms with Crippen LogP contribution in [0.15, 0.2) is 51.9 Å². The van der Waals surface area contributed by atoms with Crippen LogP contribution in [0, 0.1) is 0 Å². The second-order valence-electron chi connectivity index (χ2n) is 5.18. The fourth-order valence-electron chi connectivity index (χ4n) is 2.36. The van der Waals surface area contributed by atoms with Crippen molar-refractivity contribution < 1.29 is 14.0 Å². The number of nitrogens with zero attached hydrogens (tertiary/aromatic N) is 1. The molecule has 0 atom stereocenters. The van der Waals surface area contributed by atoms with E-state index in [0.29, 0.717) is 16.0 Å².